The fourth-order valence-corrected chi connectivity index (χ4v) is 4.80. The summed E-state index contributed by atoms with van der Waals surface area (Å²) < 4.78 is 22.2. The van der Waals surface area contributed by atoms with Crippen LogP contribution < -0.4 is 10.1 Å². The predicted octanol–water partition coefficient (Wildman–Crippen LogP) is 5.69. The minimum atomic E-state index is -0.280. The summed E-state index contributed by atoms with van der Waals surface area (Å²) in [6, 6.07) is 18.4. The second-order valence-electron chi connectivity index (χ2n) is 8.74. The first-order chi connectivity index (χ1) is 17.7. The largest absolute Gasteiger partial charge is 0.475 e. The molecule has 1 unspecified atom stereocenters. The number of nitrogens with zero attached hydrogens (tertiary/aromatic N) is 5. The van der Waals surface area contributed by atoms with Gasteiger partial charge in [-0.25, -0.2) is 24.3 Å². The van der Waals surface area contributed by atoms with Crippen molar-refractivity contribution >= 4 is 16.7 Å². The van der Waals surface area contributed by atoms with E-state index in [2.05, 4.69) is 25.9 Å². The Balaban J connectivity index is 1.41. The number of benzene rings is 2. The van der Waals surface area contributed by atoms with E-state index in [1.807, 2.05) is 37.3 Å². The molecule has 1 N–H and O–H groups in total. The van der Waals surface area contributed by atoms with Crippen LogP contribution >= 0.6 is 0 Å². The van der Waals surface area contributed by atoms with Gasteiger partial charge in [0.2, 0.25) is 11.8 Å². The van der Waals surface area contributed by atoms with Crippen LogP contribution in [0.4, 0.5) is 10.3 Å². The number of imidazole rings is 1. The molecule has 0 bridgehead atoms. The summed E-state index contributed by atoms with van der Waals surface area (Å²) in [5, 5.41) is 5.26. The van der Waals surface area contributed by atoms with Crippen LogP contribution in [0.1, 0.15) is 25.2 Å². The molecule has 3 aromatic heterocycles. The fourth-order valence-electron chi connectivity index (χ4n) is 4.80. The SMILES string of the molecule is CCNc1nccc(-c2c(-c3ccc(F)cc3)nc3n2C(COc2nccc4ccccc24)CC3)n1. The molecule has 0 spiro atoms. The Morgan fingerprint density at radius 1 is 1.00 bits per heavy atom. The lowest BCUT2D eigenvalue weighted by Crippen LogP contribution is -2.16. The van der Waals surface area contributed by atoms with Crippen LogP contribution in [0.2, 0.25) is 0 Å². The van der Waals surface area contributed by atoms with E-state index in [1.54, 1.807) is 24.5 Å². The molecule has 0 saturated carbocycles. The van der Waals surface area contributed by atoms with Crippen LogP contribution in [0.25, 0.3) is 33.4 Å². The normalized spacial score (nSPS) is 14.7. The lowest BCUT2D eigenvalue weighted by atomic mass is 10.1. The molecule has 8 heteroatoms. The third-order valence-corrected chi connectivity index (χ3v) is 6.45. The van der Waals surface area contributed by atoms with Crippen LogP contribution in [0.15, 0.2) is 73.1 Å². The number of anilines is 1. The number of rotatable bonds is 7. The second-order valence-corrected chi connectivity index (χ2v) is 8.74. The maximum absolute atomic E-state index is 13.7. The standard InChI is InChI=1S/C28H25FN6O/c1-2-30-28-32-16-14-23(33-28)26-25(19-7-9-20(29)10-8-19)34-24-12-11-21(35(24)26)17-36-27-22-6-4-3-5-18(22)13-15-31-27/h3-10,13-16,21H,2,11-12,17H2,1H3,(H,30,32,33). The van der Waals surface area contributed by atoms with Gasteiger partial charge in [-0.15, -0.1) is 0 Å². The van der Waals surface area contributed by atoms with E-state index in [1.165, 1.54) is 12.1 Å². The Kier molecular flexibility index (Phi) is 5.77. The molecule has 36 heavy (non-hydrogen) atoms. The topological polar surface area (TPSA) is 77.8 Å². The van der Waals surface area contributed by atoms with Crippen molar-refractivity contribution in [2.75, 3.05) is 18.5 Å². The van der Waals surface area contributed by atoms with E-state index >= 15 is 0 Å². The summed E-state index contributed by atoms with van der Waals surface area (Å²) in [5.74, 6) is 1.87. The summed E-state index contributed by atoms with van der Waals surface area (Å²) in [7, 11) is 0. The van der Waals surface area contributed by atoms with Gasteiger partial charge >= 0.3 is 0 Å². The first-order valence-electron chi connectivity index (χ1n) is 12.1. The molecule has 0 saturated heterocycles. The van der Waals surface area contributed by atoms with Gasteiger partial charge in [-0.05, 0) is 61.2 Å². The average Bonchev–Trinajstić information content (AvgIpc) is 3.48. The molecule has 0 fully saturated rings. The number of hydrogen-bond acceptors (Lipinski definition) is 6. The molecule has 1 aliphatic rings. The Hall–Kier alpha value is -4.33. The van der Waals surface area contributed by atoms with E-state index in [4.69, 9.17) is 14.7 Å². The zero-order chi connectivity index (χ0) is 24.5. The van der Waals surface area contributed by atoms with Crippen LogP contribution in [0.5, 0.6) is 5.88 Å². The summed E-state index contributed by atoms with van der Waals surface area (Å²) >= 11 is 0. The molecule has 0 amide bonds. The molecule has 5 aromatic rings. The summed E-state index contributed by atoms with van der Waals surface area (Å²) in [6.45, 7) is 3.17. The molecular formula is C28H25FN6O. The monoisotopic (exact) mass is 480 g/mol. The van der Waals surface area contributed by atoms with Gasteiger partial charge in [0, 0.05) is 36.3 Å². The number of halogens is 1. The fraction of sp³-hybridized carbons (Fsp3) is 0.214. The minimum absolute atomic E-state index is 0.0509. The highest BCUT2D eigenvalue weighted by molar-refractivity contribution is 5.86. The highest BCUT2D eigenvalue weighted by Gasteiger charge is 2.31. The molecule has 1 aliphatic heterocycles. The number of hydrogen-bond donors (Lipinski definition) is 1. The van der Waals surface area contributed by atoms with E-state index in [0.717, 1.165) is 52.1 Å². The maximum Gasteiger partial charge on any atom is 0.223 e. The number of aromatic nitrogens is 5. The van der Waals surface area contributed by atoms with E-state index < -0.39 is 0 Å². The quantitative estimate of drug-likeness (QED) is 0.322. The van der Waals surface area contributed by atoms with Gasteiger partial charge in [-0.1, -0.05) is 18.2 Å². The molecule has 180 valence electrons. The van der Waals surface area contributed by atoms with Gasteiger partial charge in [0.15, 0.2) is 0 Å². The lowest BCUT2D eigenvalue weighted by Gasteiger charge is -2.18. The number of pyridine rings is 1. The molecule has 1 atom stereocenters. The third kappa shape index (κ3) is 4.04. The molecule has 7 nitrogen and oxygen atoms in total. The molecule has 0 radical (unpaired) electrons. The van der Waals surface area contributed by atoms with E-state index in [0.29, 0.717) is 25.0 Å². The van der Waals surface area contributed by atoms with Gasteiger partial charge in [-0.2, -0.15) is 0 Å². The van der Waals surface area contributed by atoms with Crippen LogP contribution in [-0.4, -0.2) is 37.7 Å². The highest BCUT2D eigenvalue weighted by atomic mass is 19.1. The number of ether oxygens (including phenoxy) is 1. The number of fused-ring (bicyclic) bond motifs is 2. The van der Waals surface area contributed by atoms with Crippen molar-refractivity contribution in [2.24, 2.45) is 0 Å². The zero-order valence-electron chi connectivity index (χ0n) is 19.9. The van der Waals surface area contributed by atoms with Gasteiger partial charge < -0.3 is 14.6 Å². The van der Waals surface area contributed by atoms with Crippen molar-refractivity contribution in [2.45, 2.75) is 25.8 Å². The Morgan fingerprint density at radius 2 is 1.83 bits per heavy atom. The van der Waals surface area contributed by atoms with Gasteiger partial charge in [-0.3, -0.25) is 0 Å². The number of aryl methyl sites for hydroxylation is 1. The first kappa shape index (κ1) is 22.2. The zero-order valence-corrected chi connectivity index (χ0v) is 19.9. The second kappa shape index (κ2) is 9.37. The Morgan fingerprint density at radius 3 is 2.69 bits per heavy atom. The van der Waals surface area contributed by atoms with Crippen molar-refractivity contribution in [3.63, 3.8) is 0 Å². The maximum atomic E-state index is 13.7. The molecular weight excluding hydrogens is 455 g/mol. The highest BCUT2D eigenvalue weighted by Crippen LogP contribution is 2.39. The van der Waals surface area contributed by atoms with Crippen molar-refractivity contribution < 1.29 is 9.13 Å². The first-order valence-corrected chi connectivity index (χ1v) is 12.1. The van der Waals surface area contributed by atoms with Crippen LogP contribution in [0.3, 0.4) is 0 Å². The van der Waals surface area contributed by atoms with Crippen molar-refractivity contribution in [3.05, 3.63) is 84.7 Å². The molecule has 2 aromatic carbocycles. The average molecular weight is 481 g/mol. The third-order valence-electron chi connectivity index (χ3n) is 6.45. The van der Waals surface area contributed by atoms with Crippen molar-refractivity contribution in [3.8, 4) is 28.5 Å². The molecule has 4 heterocycles. The summed E-state index contributed by atoms with van der Waals surface area (Å²) in [5.41, 5.74) is 3.26. The molecule has 0 aliphatic carbocycles. The van der Waals surface area contributed by atoms with Gasteiger partial charge in [0.1, 0.15) is 18.2 Å². The molecule has 6 rings (SSSR count). The van der Waals surface area contributed by atoms with Gasteiger partial charge in [0.05, 0.1) is 23.1 Å². The van der Waals surface area contributed by atoms with E-state index in [-0.39, 0.29) is 11.9 Å². The number of nitrogens with one attached hydrogen (secondary N) is 1. The summed E-state index contributed by atoms with van der Waals surface area (Å²) in [6.07, 6.45) is 5.23. The van der Waals surface area contributed by atoms with Crippen molar-refractivity contribution in [1.29, 1.82) is 0 Å². The Labute approximate surface area is 208 Å². The van der Waals surface area contributed by atoms with Crippen molar-refractivity contribution in [1.82, 2.24) is 24.5 Å². The lowest BCUT2D eigenvalue weighted by molar-refractivity contribution is 0.250. The predicted molar refractivity (Wildman–Crippen MR) is 137 cm³/mol. The van der Waals surface area contributed by atoms with E-state index in [9.17, 15) is 4.39 Å². The van der Waals surface area contributed by atoms with Crippen LogP contribution in [-0.2, 0) is 6.42 Å². The smallest absolute Gasteiger partial charge is 0.223 e. The summed E-state index contributed by atoms with van der Waals surface area (Å²) in [4.78, 5) is 18.6. The van der Waals surface area contributed by atoms with Crippen LogP contribution in [0, 0.1) is 5.82 Å². The van der Waals surface area contributed by atoms with Gasteiger partial charge in [0.25, 0.3) is 0 Å². The minimum Gasteiger partial charge on any atom is -0.475 e. The Bertz CT molecular complexity index is 1530.